The molecule has 9 heteroatoms. The normalized spacial score (nSPS) is 15.3. The first-order valence-corrected chi connectivity index (χ1v) is 12.1. The van der Waals surface area contributed by atoms with Crippen molar-refractivity contribution < 1.29 is 17.9 Å². The maximum atomic E-state index is 12.8. The first kappa shape index (κ1) is 20.9. The van der Waals surface area contributed by atoms with Crippen LogP contribution in [0.3, 0.4) is 0 Å². The number of aromatic nitrogens is 1. The van der Waals surface area contributed by atoms with Crippen molar-refractivity contribution in [2.75, 3.05) is 31.6 Å². The third kappa shape index (κ3) is 4.86. The Bertz CT molecular complexity index is 1100. The number of para-hydroxylation sites is 1. The van der Waals surface area contributed by atoms with Gasteiger partial charge in [0.2, 0.25) is 15.9 Å². The van der Waals surface area contributed by atoms with Crippen LogP contribution in [0.5, 0.6) is 0 Å². The average Bonchev–Trinajstić information content (AvgIpc) is 3.17. The van der Waals surface area contributed by atoms with Crippen LogP contribution in [0.15, 0.2) is 53.4 Å². The van der Waals surface area contributed by atoms with E-state index in [1.54, 1.807) is 29.5 Å². The van der Waals surface area contributed by atoms with Crippen molar-refractivity contribution >= 4 is 43.2 Å². The molecule has 0 saturated carbocycles. The van der Waals surface area contributed by atoms with Crippen molar-refractivity contribution in [3.8, 4) is 0 Å². The number of aryl methyl sites for hydroxylation is 1. The molecule has 1 saturated heterocycles. The molecule has 0 unspecified atom stereocenters. The van der Waals surface area contributed by atoms with Gasteiger partial charge in [-0.05, 0) is 43.2 Å². The van der Waals surface area contributed by atoms with Crippen LogP contribution in [0.2, 0.25) is 0 Å². The zero-order valence-electron chi connectivity index (χ0n) is 16.4. The number of thiazole rings is 1. The minimum atomic E-state index is -3.59. The van der Waals surface area contributed by atoms with Gasteiger partial charge in [0.05, 0.1) is 33.3 Å². The molecular formula is C21H23N3O4S2. The molecule has 1 aromatic heterocycles. The van der Waals surface area contributed by atoms with E-state index in [1.807, 2.05) is 24.3 Å². The van der Waals surface area contributed by atoms with E-state index in [0.717, 1.165) is 21.6 Å². The molecule has 0 atom stereocenters. The van der Waals surface area contributed by atoms with Crippen molar-refractivity contribution in [3.63, 3.8) is 0 Å². The van der Waals surface area contributed by atoms with Gasteiger partial charge in [-0.1, -0.05) is 18.2 Å². The average molecular weight is 446 g/mol. The Hall–Kier alpha value is -2.33. The van der Waals surface area contributed by atoms with Gasteiger partial charge in [0.25, 0.3) is 0 Å². The Morgan fingerprint density at radius 1 is 1.13 bits per heavy atom. The number of anilines is 1. The summed E-state index contributed by atoms with van der Waals surface area (Å²) >= 11 is 1.65. The molecule has 1 N–H and O–H groups in total. The van der Waals surface area contributed by atoms with Gasteiger partial charge in [-0.25, -0.2) is 13.4 Å². The number of hydrogen-bond acceptors (Lipinski definition) is 6. The monoisotopic (exact) mass is 445 g/mol. The summed E-state index contributed by atoms with van der Waals surface area (Å²) in [6, 6.07) is 14.4. The zero-order valence-corrected chi connectivity index (χ0v) is 18.0. The molecule has 2 aromatic carbocycles. The summed E-state index contributed by atoms with van der Waals surface area (Å²) in [7, 11) is -3.59. The fourth-order valence-corrected chi connectivity index (χ4v) is 5.78. The molecule has 1 amide bonds. The van der Waals surface area contributed by atoms with E-state index in [1.165, 1.54) is 10.4 Å². The Morgan fingerprint density at radius 2 is 1.93 bits per heavy atom. The highest BCUT2D eigenvalue weighted by Crippen LogP contribution is 2.23. The summed E-state index contributed by atoms with van der Waals surface area (Å²) in [6.07, 6.45) is 1.76. The molecule has 0 radical (unpaired) electrons. The number of nitrogens with zero attached hydrogens (tertiary/aromatic N) is 2. The molecule has 1 aliphatic heterocycles. The van der Waals surface area contributed by atoms with Crippen molar-refractivity contribution in [2.24, 2.45) is 0 Å². The number of ether oxygens (including phenoxy) is 1. The highest BCUT2D eigenvalue weighted by atomic mass is 32.2. The predicted octanol–water partition coefficient (Wildman–Crippen LogP) is 3.28. The number of amides is 1. The number of benzene rings is 2. The molecule has 1 fully saturated rings. The smallest absolute Gasteiger partial charge is 0.243 e. The summed E-state index contributed by atoms with van der Waals surface area (Å²) in [4.78, 5) is 17.1. The topological polar surface area (TPSA) is 88.6 Å². The quantitative estimate of drug-likeness (QED) is 0.603. The van der Waals surface area contributed by atoms with Gasteiger partial charge in [-0.3, -0.25) is 4.79 Å². The number of carbonyl (C=O) groups excluding carboxylic acids is 1. The maximum Gasteiger partial charge on any atom is 0.243 e. The number of rotatable bonds is 7. The third-order valence-electron chi connectivity index (χ3n) is 4.86. The molecule has 158 valence electrons. The van der Waals surface area contributed by atoms with E-state index in [9.17, 15) is 13.2 Å². The van der Waals surface area contributed by atoms with Gasteiger partial charge in [0.15, 0.2) is 0 Å². The van der Waals surface area contributed by atoms with E-state index >= 15 is 0 Å². The summed E-state index contributed by atoms with van der Waals surface area (Å²) in [5.74, 6) is -0.142. The number of fused-ring (bicyclic) bond motifs is 1. The Labute approximate surface area is 179 Å². The van der Waals surface area contributed by atoms with Crippen molar-refractivity contribution in [3.05, 3.63) is 53.5 Å². The summed E-state index contributed by atoms with van der Waals surface area (Å²) in [5.41, 5.74) is 1.47. The molecule has 3 aromatic rings. The molecule has 0 spiro atoms. The number of nitrogens with one attached hydrogen (secondary N) is 1. The van der Waals surface area contributed by atoms with Crippen molar-refractivity contribution in [1.82, 2.24) is 9.29 Å². The SMILES string of the molecule is O=C(CCCc1nc2ccccc2s1)Nc1cccc(S(=O)(=O)N2CCOCC2)c1. The van der Waals surface area contributed by atoms with Gasteiger partial charge < -0.3 is 10.1 Å². The largest absolute Gasteiger partial charge is 0.379 e. The first-order chi connectivity index (χ1) is 14.5. The van der Waals surface area contributed by atoms with Crippen molar-refractivity contribution in [1.29, 1.82) is 0 Å². The van der Waals surface area contributed by atoms with Crippen LogP contribution >= 0.6 is 11.3 Å². The van der Waals surface area contributed by atoms with Gasteiger partial charge in [-0.15, -0.1) is 11.3 Å². The lowest BCUT2D eigenvalue weighted by Gasteiger charge is -2.26. The number of carbonyl (C=O) groups is 1. The minimum Gasteiger partial charge on any atom is -0.379 e. The lowest BCUT2D eigenvalue weighted by atomic mass is 10.2. The van der Waals surface area contributed by atoms with E-state index in [0.29, 0.717) is 44.8 Å². The van der Waals surface area contributed by atoms with Gasteiger partial charge in [0.1, 0.15) is 0 Å². The van der Waals surface area contributed by atoms with Crippen LogP contribution < -0.4 is 5.32 Å². The highest BCUT2D eigenvalue weighted by Gasteiger charge is 2.26. The fraction of sp³-hybridized carbons (Fsp3) is 0.333. The van der Waals surface area contributed by atoms with Crippen molar-refractivity contribution in [2.45, 2.75) is 24.2 Å². The van der Waals surface area contributed by atoms with Gasteiger partial charge in [0, 0.05) is 25.2 Å². The molecule has 0 bridgehead atoms. The number of morpholine rings is 1. The molecule has 1 aliphatic rings. The molecular weight excluding hydrogens is 422 g/mol. The lowest BCUT2D eigenvalue weighted by Crippen LogP contribution is -2.40. The standard InChI is InChI=1S/C21H23N3O4S2/c25-20(9-4-10-21-23-18-7-1-2-8-19(18)29-21)22-16-5-3-6-17(15-16)30(26,27)24-11-13-28-14-12-24/h1-3,5-8,15H,4,9-14H2,(H,22,25). The predicted molar refractivity (Wildman–Crippen MR) is 117 cm³/mol. The van der Waals surface area contributed by atoms with Gasteiger partial charge >= 0.3 is 0 Å². The second kappa shape index (κ2) is 9.22. The highest BCUT2D eigenvalue weighted by molar-refractivity contribution is 7.89. The van der Waals surface area contributed by atoms with Crippen LogP contribution in [0.1, 0.15) is 17.8 Å². The molecule has 4 rings (SSSR count). The number of sulfonamides is 1. The lowest BCUT2D eigenvalue weighted by molar-refractivity contribution is -0.116. The Balaban J connectivity index is 1.33. The maximum absolute atomic E-state index is 12.8. The van der Waals surface area contributed by atoms with Crippen LogP contribution in [0.4, 0.5) is 5.69 Å². The van der Waals surface area contributed by atoms with Crippen LogP contribution in [0, 0.1) is 0 Å². The second-order valence-corrected chi connectivity index (χ2v) is 10.1. The van der Waals surface area contributed by atoms with Crippen LogP contribution in [-0.2, 0) is 26.0 Å². The van der Waals surface area contributed by atoms with E-state index in [2.05, 4.69) is 10.3 Å². The minimum absolute atomic E-state index is 0.142. The molecule has 30 heavy (non-hydrogen) atoms. The Morgan fingerprint density at radius 3 is 2.73 bits per heavy atom. The van der Waals surface area contributed by atoms with E-state index in [-0.39, 0.29) is 10.8 Å². The van der Waals surface area contributed by atoms with Gasteiger partial charge in [-0.2, -0.15) is 4.31 Å². The zero-order chi connectivity index (χ0) is 21.0. The summed E-state index contributed by atoms with van der Waals surface area (Å²) in [5, 5.41) is 3.82. The molecule has 7 nitrogen and oxygen atoms in total. The molecule has 0 aliphatic carbocycles. The first-order valence-electron chi connectivity index (χ1n) is 9.85. The van der Waals surface area contributed by atoms with E-state index in [4.69, 9.17) is 4.74 Å². The van der Waals surface area contributed by atoms with Crippen LogP contribution in [0.25, 0.3) is 10.2 Å². The second-order valence-electron chi connectivity index (χ2n) is 7.02. The Kier molecular flexibility index (Phi) is 6.43. The third-order valence-corrected chi connectivity index (χ3v) is 7.85. The number of hydrogen-bond donors (Lipinski definition) is 1. The molecule has 2 heterocycles. The fourth-order valence-electron chi connectivity index (χ4n) is 3.32. The summed E-state index contributed by atoms with van der Waals surface area (Å²) < 4.78 is 33.3. The van der Waals surface area contributed by atoms with E-state index < -0.39 is 10.0 Å². The van der Waals surface area contributed by atoms with Crippen LogP contribution in [-0.4, -0.2) is 49.9 Å². The summed E-state index contributed by atoms with van der Waals surface area (Å²) in [6.45, 7) is 1.46.